The van der Waals surface area contributed by atoms with Gasteiger partial charge >= 0.3 is 0 Å². The topological polar surface area (TPSA) is 89.2 Å². The molecular weight excluding hydrogens is 402 g/mol. The van der Waals surface area contributed by atoms with E-state index in [9.17, 15) is 0 Å². The summed E-state index contributed by atoms with van der Waals surface area (Å²) in [6.07, 6.45) is 3.46. The number of likely N-dealkylation sites (N-methyl/N-ethyl adjacent to an activating group) is 1. The van der Waals surface area contributed by atoms with E-state index in [0.717, 1.165) is 34.8 Å². The minimum Gasteiger partial charge on any atom is -0.484 e. The summed E-state index contributed by atoms with van der Waals surface area (Å²) in [5.41, 5.74) is 4.53. The van der Waals surface area contributed by atoms with Gasteiger partial charge in [0.1, 0.15) is 17.6 Å². The van der Waals surface area contributed by atoms with Crippen LogP contribution in [-0.4, -0.2) is 66.8 Å². The van der Waals surface area contributed by atoms with Gasteiger partial charge < -0.3 is 19.9 Å². The van der Waals surface area contributed by atoms with Gasteiger partial charge in [0.05, 0.1) is 5.71 Å². The third kappa shape index (κ3) is 5.59. The standard InChI is InChI=1S/C24H31N7O/c1-16(22-17(2)28-29-24(23(22)25)31(5)6)27-19-10-7-11-20(13-19)32-21(15-30(3)4)18-9-8-12-26-14-18/h7-14,21,25,27H,15H2,1-6H3/b22-16-,25-23?. The van der Waals surface area contributed by atoms with Crippen LogP contribution >= 0.6 is 0 Å². The van der Waals surface area contributed by atoms with Gasteiger partial charge in [0.25, 0.3) is 0 Å². The van der Waals surface area contributed by atoms with E-state index in [1.807, 2.05) is 84.6 Å². The number of hydrogen-bond donors (Lipinski definition) is 2. The number of anilines is 1. The van der Waals surface area contributed by atoms with E-state index in [2.05, 4.69) is 25.4 Å². The fraction of sp³-hybridized carbons (Fsp3) is 0.333. The van der Waals surface area contributed by atoms with Crippen LogP contribution in [0.1, 0.15) is 25.5 Å². The molecule has 8 heteroatoms. The molecule has 0 amide bonds. The zero-order valence-corrected chi connectivity index (χ0v) is 19.5. The Morgan fingerprint density at radius 3 is 2.56 bits per heavy atom. The largest absolute Gasteiger partial charge is 0.484 e. The number of allylic oxidation sites excluding steroid dienone is 1. The third-order valence-corrected chi connectivity index (χ3v) is 4.96. The Hall–Kier alpha value is -3.52. The SMILES string of the molecule is CC1=NN=C(N(C)C)C(=N)/C1=C(/C)Nc1cccc(OC(CN(C)C)c2cccnc2)c1. The van der Waals surface area contributed by atoms with Crippen LogP contribution in [0, 0.1) is 5.41 Å². The average Bonchev–Trinajstić information content (AvgIpc) is 2.73. The molecule has 1 unspecified atom stereocenters. The van der Waals surface area contributed by atoms with Crippen molar-refractivity contribution in [1.29, 1.82) is 5.41 Å². The van der Waals surface area contributed by atoms with E-state index in [1.165, 1.54) is 0 Å². The number of rotatable bonds is 7. The highest BCUT2D eigenvalue weighted by Crippen LogP contribution is 2.26. The van der Waals surface area contributed by atoms with Crippen LogP contribution in [-0.2, 0) is 0 Å². The second-order valence-electron chi connectivity index (χ2n) is 8.19. The van der Waals surface area contributed by atoms with Crippen molar-refractivity contribution in [2.45, 2.75) is 20.0 Å². The molecule has 2 heterocycles. The number of nitrogens with zero attached hydrogens (tertiary/aromatic N) is 5. The van der Waals surface area contributed by atoms with Gasteiger partial charge in [-0.1, -0.05) is 12.1 Å². The molecule has 8 nitrogen and oxygen atoms in total. The van der Waals surface area contributed by atoms with E-state index < -0.39 is 0 Å². The van der Waals surface area contributed by atoms with E-state index in [4.69, 9.17) is 10.1 Å². The summed E-state index contributed by atoms with van der Waals surface area (Å²) in [5.74, 6) is 1.29. The summed E-state index contributed by atoms with van der Waals surface area (Å²) in [5, 5.41) is 20.4. The van der Waals surface area contributed by atoms with Crippen LogP contribution in [0.15, 0.2) is 70.3 Å². The van der Waals surface area contributed by atoms with Crippen LogP contribution < -0.4 is 10.1 Å². The van der Waals surface area contributed by atoms with E-state index in [0.29, 0.717) is 17.3 Å². The molecule has 0 radical (unpaired) electrons. The second kappa shape index (κ2) is 10.2. The van der Waals surface area contributed by atoms with Gasteiger partial charge in [-0.3, -0.25) is 10.4 Å². The highest BCUT2D eigenvalue weighted by Gasteiger charge is 2.23. The lowest BCUT2D eigenvalue weighted by Gasteiger charge is -2.24. The van der Waals surface area contributed by atoms with Gasteiger partial charge in [-0.15, -0.1) is 5.10 Å². The summed E-state index contributed by atoms with van der Waals surface area (Å²) in [6.45, 7) is 4.54. The lowest BCUT2D eigenvalue weighted by Crippen LogP contribution is -2.35. The van der Waals surface area contributed by atoms with E-state index >= 15 is 0 Å². The molecule has 0 aliphatic carbocycles. The second-order valence-corrected chi connectivity index (χ2v) is 8.19. The Morgan fingerprint density at radius 2 is 1.91 bits per heavy atom. The highest BCUT2D eigenvalue weighted by atomic mass is 16.5. The Labute approximate surface area is 189 Å². The lowest BCUT2D eigenvalue weighted by molar-refractivity contribution is 0.162. The number of ether oxygens (including phenoxy) is 1. The third-order valence-electron chi connectivity index (χ3n) is 4.96. The monoisotopic (exact) mass is 433 g/mol. The molecule has 1 aliphatic rings. The van der Waals surface area contributed by atoms with Gasteiger partial charge in [0.2, 0.25) is 0 Å². The molecule has 0 fully saturated rings. The van der Waals surface area contributed by atoms with Crippen molar-refractivity contribution in [3.05, 3.63) is 65.6 Å². The minimum atomic E-state index is -0.145. The number of benzene rings is 1. The maximum absolute atomic E-state index is 8.57. The maximum atomic E-state index is 8.57. The summed E-state index contributed by atoms with van der Waals surface area (Å²) < 4.78 is 6.34. The van der Waals surface area contributed by atoms with Gasteiger partial charge in [-0.2, -0.15) is 5.10 Å². The minimum absolute atomic E-state index is 0.145. The Kier molecular flexibility index (Phi) is 7.37. The predicted octanol–water partition coefficient (Wildman–Crippen LogP) is 3.82. The molecule has 1 aliphatic heterocycles. The molecule has 0 bridgehead atoms. The quantitative estimate of drug-likeness (QED) is 0.693. The number of aromatic nitrogens is 1. The molecule has 1 aromatic heterocycles. The number of amidine groups is 1. The summed E-state index contributed by atoms with van der Waals surface area (Å²) >= 11 is 0. The van der Waals surface area contributed by atoms with Crippen molar-refractivity contribution in [2.75, 3.05) is 40.1 Å². The summed E-state index contributed by atoms with van der Waals surface area (Å²) in [6, 6.07) is 11.8. The van der Waals surface area contributed by atoms with Gasteiger partial charge in [0.15, 0.2) is 5.84 Å². The van der Waals surface area contributed by atoms with Gasteiger partial charge in [0, 0.05) is 61.6 Å². The van der Waals surface area contributed by atoms with E-state index in [1.54, 1.807) is 11.1 Å². The van der Waals surface area contributed by atoms with Crippen molar-refractivity contribution < 1.29 is 4.74 Å². The highest BCUT2D eigenvalue weighted by molar-refractivity contribution is 6.53. The molecule has 2 N–H and O–H groups in total. The first-order valence-corrected chi connectivity index (χ1v) is 10.4. The smallest absolute Gasteiger partial charge is 0.176 e. The van der Waals surface area contributed by atoms with Crippen molar-refractivity contribution in [2.24, 2.45) is 10.2 Å². The fourth-order valence-corrected chi connectivity index (χ4v) is 3.49. The molecule has 1 aromatic carbocycles. The molecular formula is C24H31N7O. The van der Waals surface area contributed by atoms with Crippen LogP contribution in [0.25, 0.3) is 0 Å². The van der Waals surface area contributed by atoms with Gasteiger partial charge in [-0.05, 0) is 46.1 Å². The first kappa shape index (κ1) is 23.1. The zero-order valence-electron chi connectivity index (χ0n) is 19.5. The molecule has 3 rings (SSSR count). The Balaban J connectivity index is 1.83. The molecule has 0 spiro atoms. The summed E-state index contributed by atoms with van der Waals surface area (Å²) in [4.78, 5) is 8.12. The van der Waals surface area contributed by atoms with Crippen LogP contribution in [0.3, 0.4) is 0 Å². The zero-order chi connectivity index (χ0) is 23.3. The van der Waals surface area contributed by atoms with Crippen molar-refractivity contribution in [3.8, 4) is 5.75 Å². The van der Waals surface area contributed by atoms with Crippen LogP contribution in [0.4, 0.5) is 5.69 Å². The molecule has 1 atom stereocenters. The fourth-order valence-electron chi connectivity index (χ4n) is 3.49. The van der Waals surface area contributed by atoms with Crippen LogP contribution in [0.2, 0.25) is 0 Å². The molecule has 2 aromatic rings. The summed E-state index contributed by atoms with van der Waals surface area (Å²) in [7, 11) is 7.76. The predicted molar refractivity (Wildman–Crippen MR) is 131 cm³/mol. The van der Waals surface area contributed by atoms with Crippen LogP contribution in [0.5, 0.6) is 5.75 Å². The number of nitrogens with one attached hydrogen (secondary N) is 2. The molecule has 0 saturated heterocycles. The van der Waals surface area contributed by atoms with Gasteiger partial charge in [-0.25, -0.2) is 0 Å². The first-order valence-electron chi connectivity index (χ1n) is 10.4. The van der Waals surface area contributed by atoms with Crippen molar-refractivity contribution >= 4 is 22.9 Å². The first-order chi connectivity index (χ1) is 15.3. The normalized spacial score (nSPS) is 16.3. The van der Waals surface area contributed by atoms with E-state index in [-0.39, 0.29) is 6.10 Å². The number of hydrogen-bond acceptors (Lipinski definition) is 8. The Bertz CT molecular complexity index is 1060. The number of pyridine rings is 1. The van der Waals surface area contributed by atoms with Crippen molar-refractivity contribution in [3.63, 3.8) is 0 Å². The lowest BCUT2D eigenvalue weighted by atomic mass is 10.0. The molecule has 0 saturated carbocycles. The Morgan fingerprint density at radius 1 is 1.12 bits per heavy atom. The molecule has 168 valence electrons. The maximum Gasteiger partial charge on any atom is 0.176 e. The van der Waals surface area contributed by atoms with Crippen molar-refractivity contribution in [1.82, 2.24) is 14.8 Å². The average molecular weight is 434 g/mol. The molecule has 32 heavy (non-hydrogen) atoms.